The molecular weight excluding hydrogens is 336 g/mol. The average Bonchev–Trinajstić information content (AvgIpc) is 2.61. The second kappa shape index (κ2) is 9.91. The minimum atomic E-state index is -0.482. The first-order valence-electron chi connectivity index (χ1n) is 9.60. The van der Waals surface area contributed by atoms with E-state index in [4.69, 9.17) is 0 Å². The molecule has 2 rings (SSSR count). The highest BCUT2D eigenvalue weighted by Crippen LogP contribution is 2.15. The summed E-state index contributed by atoms with van der Waals surface area (Å²) in [5.74, 6) is -0.128. The molecule has 0 radical (unpaired) electrons. The fraction of sp³-hybridized carbons (Fsp3) is 0.391. The van der Waals surface area contributed by atoms with Gasteiger partial charge in [0.2, 0.25) is 11.8 Å². The van der Waals surface area contributed by atoms with Crippen LogP contribution in [0.15, 0.2) is 54.6 Å². The van der Waals surface area contributed by atoms with Crippen LogP contribution in [0.25, 0.3) is 0 Å². The third-order valence-electron chi connectivity index (χ3n) is 4.45. The first-order chi connectivity index (χ1) is 12.9. The molecule has 27 heavy (non-hydrogen) atoms. The lowest BCUT2D eigenvalue weighted by atomic mass is 10.0. The van der Waals surface area contributed by atoms with Crippen molar-refractivity contribution in [3.8, 4) is 0 Å². The topological polar surface area (TPSA) is 49.4 Å². The zero-order valence-corrected chi connectivity index (χ0v) is 16.7. The summed E-state index contributed by atoms with van der Waals surface area (Å²) in [4.78, 5) is 27.6. The second-order valence-electron chi connectivity index (χ2n) is 7.26. The van der Waals surface area contributed by atoms with E-state index >= 15 is 0 Å². The Hall–Kier alpha value is -2.62. The summed E-state index contributed by atoms with van der Waals surface area (Å²) in [5.41, 5.74) is 3.11. The molecule has 0 saturated heterocycles. The van der Waals surface area contributed by atoms with Crippen LogP contribution in [-0.4, -0.2) is 28.8 Å². The summed E-state index contributed by atoms with van der Waals surface area (Å²) in [6, 6.07) is 17.3. The lowest BCUT2D eigenvalue weighted by Gasteiger charge is -2.31. The number of carbonyl (C=O) groups is 2. The monoisotopic (exact) mass is 366 g/mol. The van der Waals surface area contributed by atoms with E-state index in [1.807, 2.05) is 82.3 Å². The number of amides is 2. The maximum atomic E-state index is 13.2. The first-order valence-corrected chi connectivity index (χ1v) is 9.60. The Morgan fingerprint density at radius 2 is 1.67 bits per heavy atom. The quantitative estimate of drug-likeness (QED) is 0.771. The molecule has 4 heteroatoms. The molecule has 0 unspecified atom stereocenters. The Bertz CT molecular complexity index is 756. The van der Waals surface area contributed by atoms with Gasteiger partial charge in [0.15, 0.2) is 0 Å². The molecule has 0 aliphatic heterocycles. The lowest BCUT2D eigenvalue weighted by Crippen LogP contribution is -2.50. The van der Waals surface area contributed by atoms with E-state index < -0.39 is 6.04 Å². The standard InChI is InChI=1S/C23H30N2O2/c1-5-21(23(27)24-17(2)3)25(16-19-11-7-6-8-12-19)22(26)15-20-13-9-10-18(4)14-20/h6-14,17,21H,5,15-16H2,1-4H3,(H,24,27)/t21-/m0/s1. The van der Waals surface area contributed by atoms with Crippen LogP contribution >= 0.6 is 0 Å². The Morgan fingerprint density at radius 1 is 1.00 bits per heavy atom. The van der Waals surface area contributed by atoms with E-state index in [0.29, 0.717) is 19.4 Å². The minimum absolute atomic E-state index is 0.0322. The van der Waals surface area contributed by atoms with Gasteiger partial charge in [0.25, 0.3) is 0 Å². The molecule has 144 valence electrons. The van der Waals surface area contributed by atoms with Crippen LogP contribution in [0, 0.1) is 6.92 Å². The summed E-state index contributed by atoms with van der Waals surface area (Å²) in [5, 5.41) is 2.96. The van der Waals surface area contributed by atoms with E-state index in [1.165, 1.54) is 0 Å². The molecule has 4 nitrogen and oxygen atoms in total. The molecule has 0 aliphatic carbocycles. The fourth-order valence-corrected chi connectivity index (χ4v) is 3.18. The number of hydrogen-bond acceptors (Lipinski definition) is 2. The highest BCUT2D eigenvalue weighted by molar-refractivity contribution is 5.88. The molecule has 0 fully saturated rings. The molecule has 2 aromatic carbocycles. The maximum Gasteiger partial charge on any atom is 0.243 e. The highest BCUT2D eigenvalue weighted by atomic mass is 16.2. The van der Waals surface area contributed by atoms with Crippen LogP contribution in [-0.2, 0) is 22.6 Å². The van der Waals surface area contributed by atoms with Gasteiger partial charge in [-0.05, 0) is 38.3 Å². The Morgan fingerprint density at radius 3 is 2.26 bits per heavy atom. The van der Waals surface area contributed by atoms with Crippen molar-refractivity contribution in [2.24, 2.45) is 0 Å². The summed E-state index contributed by atoms with van der Waals surface area (Å²) < 4.78 is 0. The van der Waals surface area contributed by atoms with Gasteiger partial charge in [-0.15, -0.1) is 0 Å². The van der Waals surface area contributed by atoms with E-state index in [-0.39, 0.29) is 17.9 Å². The number of aryl methyl sites for hydroxylation is 1. The van der Waals surface area contributed by atoms with Gasteiger partial charge in [0, 0.05) is 12.6 Å². The average molecular weight is 367 g/mol. The fourth-order valence-electron chi connectivity index (χ4n) is 3.18. The van der Waals surface area contributed by atoms with E-state index in [9.17, 15) is 9.59 Å². The van der Waals surface area contributed by atoms with Crippen LogP contribution in [0.4, 0.5) is 0 Å². The molecule has 1 atom stereocenters. The summed E-state index contributed by atoms with van der Waals surface area (Å²) >= 11 is 0. The normalized spacial score (nSPS) is 11.9. The molecule has 2 aromatic rings. The number of nitrogens with one attached hydrogen (secondary N) is 1. The van der Waals surface area contributed by atoms with Gasteiger partial charge in [0.1, 0.15) is 6.04 Å². The van der Waals surface area contributed by atoms with Crippen molar-refractivity contribution < 1.29 is 9.59 Å². The molecule has 0 aromatic heterocycles. The van der Waals surface area contributed by atoms with Gasteiger partial charge >= 0.3 is 0 Å². The van der Waals surface area contributed by atoms with Gasteiger partial charge < -0.3 is 10.2 Å². The highest BCUT2D eigenvalue weighted by Gasteiger charge is 2.28. The minimum Gasteiger partial charge on any atom is -0.352 e. The predicted octanol–water partition coefficient (Wildman–Crippen LogP) is 3.87. The number of nitrogens with zero attached hydrogens (tertiary/aromatic N) is 1. The molecule has 2 amide bonds. The largest absolute Gasteiger partial charge is 0.352 e. The first kappa shape index (κ1) is 20.7. The predicted molar refractivity (Wildman–Crippen MR) is 109 cm³/mol. The van der Waals surface area contributed by atoms with Crippen molar-refractivity contribution in [2.45, 2.75) is 59.2 Å². The summed E-state index contributed by atoms with van der Waals surface area (Å²) in [7, 11) is 0. The van der Waals surface area contributed by atoms with E-state index in [1.54, 1.807) is 4.90 Å². The molecule has 0 bridgehead atoms. The number of hydrogen-bond donors (Lipinski definition) is 1. The van der Waals surface area contributed by atoms with Gasteiger partial charge in [-0.2, -0.15) is 0 Å². The van der Waals surface area contributed by atoms with Crippen molar-refractivity contribution in [3.05, 3.63) is 71.3 Å². The zero-order chi connectivity index (χ0) is 19.8. The zero-order valence-electron chi connectivity index (χ0n) is 16.7. The number of benzene rings is 2. The van der Waals surface area contributed by atoms with Crippen molar-refractivity contribution >= 4 is 11.8 Å². The SMILES string of the molecule is CC[C@@H](C(=O)NC(C)C)N(Cc1ccccc1)C(=O)Cc1cccc(C)c1. The molecule has 0 aliphatic rings. The maximum absolute atomic E-state index is 13.2. The second-order valence-corrected chi connectivity index (χ2v) is 7.26. The Kier molecular flexibility index (Phi) is 7.59. The summed E-state index contributed by atoms with van der Waals surface area (Å²) in [6.07, 6.45) is 0.866. The van der Waals surface area contributed by atoms with Crippen LogP contribution in [0.2, 0.25) is 0 Å². The van der Waals surface area contributed by atoms with Gasteiger partial charge in [-0.1, -0.05) is 67.1 Å². The van der Waals surface area contributed by atoms with Crippen LogP contribution in [0.1, 0.15) is 43.9 Å². The van der Waals surface area contributed by atoms with Crippen molar-refractivity contribution in [1.29, 1.82) is 0 Å². The van der Waals surface area contributed by atoms with E-state index in [0.717, 1.165) is 16.7 Å². The molecular formula is C23H30N2O2. The molecule has 0 spiro atoms. The van der Waals surface area contributed by atoms with Crippen LogP contribution < -0.4 is 5.32 Å². The third-order valence-corrected chi connectivity index (χ3v) is 4.45. The summed E-state index contributed by atoms with van der Waals surface area (Å²) in [6.45, 7) is 8.25. The van der Waals surface area contributed by atoms with Crippen molar-refractivity contribution in [1.82, 2.24) is 10.2 Å². The van der Waals surface area contributed by atoms with Crippen molar-refractivity contribution in [2.75, 3.05) is 0 Å². The molecule has 0 heterocycles. The van der Waals surface area contributed by atoms with Gasteiger partial charge in [0.05, 0.1) is 6.42 Å². The lowest BCUT2D eigenvalue weighted by molar-refractivity contribution is -0.141. The number of rotatable bonds is 8. The van der Waals surface area contributed by atoms with Crippen molar-refractivity contribution in [3.63, 3.8) is 0 Å². The molecule has 0 saturated carbocycles. The van der Waals surface area contributed by atoms with E-state index in [2.05, 4.69) is 5.32 Å². The smallest absolute Gasteiger partial charge is 0.243 e. The Labute approximate surface area is 162 Å². The van der Waals surface area contributed by atoms with Crippen LogP contribution in [0.5, 0.6) is 0 Å². The van der Waals surface area contributed by atoms with Gasteiger partial charge in [-0.3, -0.25) is 9.59 Å². The van der Waals surface area contributed by atoms with Crippen LogP contribution in [0.3, 0.4) is 0 Å². The number of carbonyl (C=O) groups excluding carboxylic acids is 2. The third kappa shape index (κ3) is 6.24. The van der Waals surface area contributed by atoms with Gasteiger partial charge in [-0.25, -0.2) is 0 Å². The Balaban J connectivity index is 2.26. The molecule has 1 N–H and O–H groups in total.